The molecule has 1 unspecified atom stereocenters. The Labute approximate surface area is 184 Å². The van der Waals surface area contributed by atoms with Gasteiger partial charge in [-0.15, -0.1) is 5.10 Å². The molecule has 0 saturated heterocycles. The van der Waals surface area contributed by atoms with E-state index in [1.165, 1.54) is 38.0 Å². The fourth-order valence-electron chi connectivity index (χ4n) is 2.44. The quantitative estimate of drug-likeness (QED) is 0.538. The van der Waals surface area contributed by atoms with Gasteiger partial charge in [0.25, 0.3) is 0 Å². The van der Waals surface area contributed by atoms with Crippen molar-refractivity contribution in [2.24, 2.45) is 0 Å². The number of anilines is 1. The summed E-state index contributed by atoms with van der Waals surface area (Å²) in [5, 5.41) is 7.11. The number of carbonyl (C=O) groups excluding carboxylic acids is 1. The lowest BCUT2D eigenvalue weighted by Crippen LogP contribution is -2.24. The number of amides is 1. The van der Waals surface area contributed by atoms with E-state index in [0.717, 1.165) is 9.99 Å². The summed E-state index contributed by atoms with van der Waals surface area (Å²) >= 11 is 7.24. The van der Waals surface area contributed by atoms with E-state index in [-0.39, 0.29) is 15.8 Å². The van der Waals surface area contributed by atoms with Crippen molar-refractivity contribution in [2.45, 2.75) is 22.2 Å². The van der Waals surface area contributed by atoms with Crippen LogP contribution in [0.25, 0.3) is 5.69 Å². The maximum absolute atomic E-state index is 12.6. The average molecular weight is 466 g/mol. The lowest BCUT2D eigenvalue weighted by molar-refractivity contribution is -0.115. The Kier molecular flexibility index (Phi) is 6.81. The summed E-state index contributed by atoms with van der Waals surface area (Å²) in [6.45, 7) is 1.72. The molecule has 3 rings (SSSR count). The first-order valence-corrected chi connectivity index (χ1v) is 11.5. The third-order valence-corrected chi connectivity index (χ3v) is 7.36. The molecule has 1 heterocycles. The molecular weight excluding hydrogens is 446 g/mol. The Balaban J connectivity index is 1.70. The number of nitrogens with zero attached hydrogens (tertiary/aromatic N) is 4. The molecule has 8 nitrogen and oxygen atoms in total. The van der Waals surface area contributed by atoms with Crippen LogP contribution in [0.5, 0.6) is 0 Å². The first kappa shape index (κ1) is 22.3. The topological polar surface area (TPSA) is 97.2 Å². The molecule has 30 heavy (non-hydrogen) atoms. The summed E-state index contributed by atoms with van der Waals surface area (Å²) < 4.78 is 27.5. The Morgan fingerprint density at radius 1 is 1.20 bits per heavy atom. The van der Waals surface area contributed by atoms with Crippen LogP contribution in [0.3, 0.4) is 0 Å². The first-order valence-electron chi connectivity index (χ1n) is 8.85. The number of aromatic nitrogens is 3. The maximum atomic E-state index is 12.6. The molecule has 1 amide bonds. The summed E-state index contributed by atoms with van der Waals surface area (Å²) in [5.41, 5.74) is 1.20. The smallest absolute Gasteiger partial charge is 0.244 e. The zero-order chi connectivity index (χ0) is 21.9. The van der Waals surface area contributed by atoms with Crippen molar-refractivity contribution in [2.75, 3.05) is 19.4 Å². The summed E-state index contributed by atoms with van der Waals surface area (Å²) in [6, 6.07) is 13.8. The molecule has 0 saturated carbocycles. The highest BCUT2D eigenvalue weighted by Gasteiger charge is 2.23. The Bertz CT molecular complexity index is 1150. The fraction of sp³-hybridized carbons (Fsp3) is 0.211. The normalized spacial score (nSPS) is 12.7. The van der Waals surface area contributed by atoms with E-state index >= 15 is 0 Å². The monoisotopic (exact) mass is 465 g/mol. The van der Waals surface area contributed by atoms with Gasteiger partial charge in [-0.1, -0.05) is 41.6 Å². The Morgan fingerprint density at radius 3 is 2.57 bits per heavy atom. The van der Waals surface area contributed by atoms with E-state index in [0.29, 0.717) is 10.8 Å². The summed E-state index contributed by atoms with van der Waals surface area (Å²) in [6.07, 6.45) is 1.58. The predicted molar refractivity (Wildman–Crippen MR) is 118 cm³/mol. The number of nitrogens with one attached hydrogen (secondary N) is 1. The highest BCUT2D eigenvalue weighted by molar-refractivity contribution is 8.00. The molecule has 1 N–H and O–H groups in total. The Hall–Kier alpha value is -2.40. The molecule has 0 aliphatic carbocycles. The third kappa shape index (κ3) is 5.01. The van der Waals surface area contributed by atoms with E-state index in [1.54, 1.807) is 24.0 Å². The number of para-hydroxylation sites is 1. The van der Waals surface area contributed by atoms with Gasteiger partial charge in [-0.05, 0) is 37.3 Å². The first-order chi connectivity index (χ1) is 14.2. The molecule has 1 atom stereocenters. The van der Waals surface area contributed by atoms with Crippen LogP contribution in [0.15, 0.2) is 64.9 Å². The molecule has 0 aliphatic rings. The zero-order valence-corrected chi connectivity index (χ0v) is 18.9. The van der Waals surface area contributed by atoms with Crippen LogP contribution in [-0.2, 0) is 14.8 Å². The van der Waals surface area contributed by atoms with E-state index < -0.39 is 15.3 Å². The number of thioether (sulfide) groups is 1. The molecule has 1 aromatic heterocycles. The number of hydrogen-bond acceptors (Lipinski definition) is 6. The van der Waals surface area contributed by atoms with Gasteiger partial charge in [-0.3, -0.25) is 4.79 Å². The van der Waals surface area contributed by atoms with Gasteiger partial charge in [-0.25, -0.2) is 22.4 Å². The lowest BCUT2D eigenvalue weighted by Gasteiger charge is -2.15. The minimum absolute atomic E-state index is 0.0736. The minimum Gasteiger partial charge on any atom is -0.325 e. The molecule has 2 aromatic carbocycles. The standard InChI is InChI=1S/C19H20ClN5O3S2/c1-13(29-19-21-12-25(23-19)15-7-5-4-6-8-15)18(26)22-14-9-10-16(20)17(11-14)30(27,28)24(2)3/h4-13H,1-3H3,(H,22,26). The molecule has 3 aromatic rings. The summed E-state index contributed by atoms with van der Waals surface area (Å²) in [5.74, 6) is -0.313. The van der Waals surface area contributed by atoms with E-state index in [1.807, 2.05) is 30.3 Å². The zero-order valence-electron chi connectivity index (χ0n) is 16.5. The number of carbonyl (C=O) groups is 1. The average Bonchev–Trinajstić information content (AvgIpc) is 3.18. The van der Waals surface area contributed by atoms with Gasteiger partial charge in [0.15, 0.2) is 0 Å². The van der Waals surface area contributed by atoms with Gasteiger partial charge in [0.2, 0.25) is 21.1 Å². The van der Waals surface area contributed by atoms with Gasteiger partial charge >= 0.3 is 0 Å². The summed E-state index contributed by atoms with van der Waals surface area (Å²) in [7, 11) is -0.908. The van der Waals surface area contributed by atoms with Gasteiger partial charge in [-0.2, -0.15) is 0 Å². The van der Waals surface area contributed by atoms with Crippen molar-refractivity contribution in [3.8, 4) is 5.69 Å². The second kappa shape index (κ2) is 9.17. The molecule has 0 spiro atoms. The molecule has 0 aliphatic heterocycles. The molecule has 0 fully saturated rings. The van der Waals surface area contributed by atoms with Crippen LogP contribution >= 0.6 is 23.4 Å². The number of rotatable bonds is 7. The van der Waals surface area contributed by atoms with Crippen molar-refractivity contribution in [3.63, 3.8) is 0 Å². The van der Waals surface area contributed by atoms with Crippen molar-refractivity contribution in [3.05, 3.63) is 59.9 Å². The van der Waals surface area contributed by atoms with Gasteiger partial charge in [0.1, 0.15) is 11.2 Å². The molecule has 11 heteroatoms. The Morgan fingerprint density at radius 2 is 1.90 bits per heavy atom. The van der Waals surface area contributed by atoms with Crippen molar-refractivity contribution >= 4 is 45.0 Å². The fourth-order valence-corrected chi connectivity index (χ4v) is 4.56. The van der Waals surface area contributed by atoms with Crippen LogP contribution in [0.4, 0.5) is 5.69 Å². The van der Waals surface area contributed by atoms with Crippen molar-refractivity contribution in [1.29, 1.82) is 0 Å². The van der Waals surface area contributed by atoms with Crippen LogP contribution in [0.1, 0.15) is 6.92 Å². The van der Waals surface area contributed by atoms with Crippen molar-refractivity contribution in [1.82, 2.24) is 19.1 Å². The van der Waals surface area contributed by atoms with E-state index in [2.05, 4.69) is 15.4 Å². The van der Waals surface area contributed by atoms with Crippen LogP contribution in [0, 0.1) is 0 Å². The predicted octanol–water partition coefficient (Wildman–Crippen LogP) is 3.29. The second-order valence-electron chi connectivity index (χ2n) is 6.49. The number of sulfonamides is 1. The van der Waals surface area contributed by atoms with Crippen LogP contribution < -0.4 is 5.32 Å². The number of halogens is 1. The highest BCUT2D eigenvalue weighted by atomic mass is 35.5. The van der Waals surface area contributed by atoms with Gasteiger partial charge in [0.05, 0.1) is 16.0 Å². The van der Waals surface area contributed by atoms with E-state index in [9.17, 15) is 13.2 Å². The third-order valence-electron chi connectivity index (χ3n) is 4.10. The maximum Gasteiger partial charge on any atom is 0.244 e. The van der Waals surface area contributed by atoms with Crippen LogP contribution in [-0.4, -0.2) is 52.7 Å². The van der Waals surface area contributed by atoms with E-state index in [4.69, 9.17) is 11.6 Å². The lowest BCUT2D eigenvalue weighted by atomic mass is 10.3. The van der Waals surface area contributed by atoms with Crippen molar-refractivity contribution < 1.29 is 13.2 Å². The highest BCUT2D eigenvalue weighted by Crippen LogP contribution is 2.28. The minimum atomic E-state index is -3.74. The second-order valence-corrected chi connectivity index (χ2v) is 10.3. The molecule has 0 radical (unpaired) electrons. The summed E-state index contributed by atoms with van der Waals surface area (Å²) in [4.78, 5) is 16.7. The van der Waals surface area contributed by atoms with Crippen LogP contribution in [0.2, 0.25) is 5.02 Å². The largest absolute Gasteiger partial charge is 0.325 e. The molecular formula is C19H20ClN5O3S2. The number of benzene rings is 2. The van der Waals surface area contributed by atoms with Gasteiger partial charge in [0, 0.05) is 19.8 Å². The van der Waals surface area contributed by atoms with Gasteiger partial charge < -0.3 is 5.32 Å². The number of hydrogen-bond donors (Lipinski definition) is 1. The molecule has 0 bridgehead atoms. The molecule has 158 valence electrons. The SMILES string of the molecule is CC(Sc1ncn(-c2ccccc2)n1)C(=O)Nc1ccc(Cl)c(S(=O)(=O)N(C)C)c1.